The molecule has 16 heteroatoms. The minimum Gasteiger partial charge on any atom is -0.481 e. The second kappa shape index (κ2) is 17.2. The van der Waals surface area contributed by atoms with E-state index in [-0.39, 0.29) is 47.7 Å². The third-order valence-corrected chi connectivity index (χ3v) is 11.4. The van der Waals surface area contributed by atoms with Crippen LogP contribution >= 0.6 is 11.6 Å². The van der Waals surface area contributed by atoms with Crippen molar-refractivity contribution in [3.8, 4) is 34.3 Å². The average molecular weight is 807 g/mol. The first kappa shape index (κ1) is 40.2. The van der Waals surface area contributed by atoms with Gasteiger partial charge < -0.3 is 35.6 Å². The highest BCUT2D eigenvalue weighted by Crippen LogP contribution is 2.44. The van der Waals surface area contributed by atoms with Gasteiger partial charge in [-0.3, -0.25) is 14.6 Å². The second-order valence-electron chi connectivity index (χ2n) is 14.6. The van der Waals surface area contributed by atoms with Crippen molar-refractivity contribution in [3.05, 3.63) is 81.5 Å². The summed E-state index contributed by atoms with van der Waals surface area (Å²) < 4.78 is 54.7. The summed E-state index contributed by atoms with van der Waals surface area (Å²) in [6, 6.07) is 12.1. The van der Waals surface area contributed by atoms with E-state index in [4.69, 9.17) is 26.1 Å². The van der Waals surface area contributed by atoms with Gasteiger partial charge in [-0.25, -0.2) is 4.98 Å². The predicted octanol–water partition coefficient (Wildman–Crippen LogP) is 6.46. The number of fused-ring (bicyclic) bond motifs is 1. The van der Waals surface area contributed by atoms with Crippen LogP contribution in [-0.2, 0) is 35.3 Å². The van der Waals surface area contributed by atoms with E-state index in [2.05, 4.69) is 31.2 Å². The topological polar surface area (TPSA) is 143 Å². The van der Waals surface area contributed by atoms with Crippen LogP contribution in [0.5, 0.6) is 11.8 Å². The Kier molecular flexibility index (Phi) is 12.2. The summed E-state index contributed by atoms with van der Waals surface area (Å²) >= 11 is 7.10. The quantitative estimate of drug-likeness (QED) is 0.119. The maximum Gasteiger partial charge on any atom is 0.419 e. The number of carbonyl (C=O) groups excluding carboxylic acids is 2. The molecule has 57 heavy (non-hydrogen) atoms. The zero-order valence-corrected chi connectivity index (χ0v) is 32.8. The number of rotatable bonds is 13. The number of ether oxygens (including phenoxy) is 2. The zero-order chi connectivity index (χ0) is 40.3. The van der Waals surface area contributed by atoms with E-state index in [1.807, 2.05) is 35.2 Å². The molecular formula is C41H46ClF3N8O4. The molecule has 2 saturated heterocycles. The first-order valence-corrected chi connectivity index (χ1v) is 19.5. The minimum absolute atomic E-state index is 0.0336. The molecule has 302 valence electrons. The molecule has 4 aromatic rings. The molecular weight excluding hydrogens is 761 g/mol. The predicted molar refractivity (Wildman–Crippen MR) is 210 cm³/mol. The standard InChI is InChI=1S/C41H46ClF3N8O4/c1-23(54)53-17-14-26(15-18-53)48-21-24-7-10-34(51-39(24)56-2)31-13-16-47-37(36(31)42)30-6-4-5-29-28(30)9-11-33(29)50-38-32(41(43,44)45)19-25(40(52-38)57-3)20-46-22-27-8-12-35(55)49-27/h4-7,10,13,16,19,26-27,33,46,48H,8-9,11-12,14-15,17-18,20-22H2,1-3H3,(H,49,55)(H,50,52)/t27-,33-/m0/s1. The third kappa shape index (κ3) is 8.95. The van der Waals surface area contributed by atoms with E-state index in [0.717, 1.165) is 54.3 Å². The number of halogens is 4. The van der Waals surface area contributed by atoms with Gasteiger partial charge in [-0.1, -0.05) is 35.9 Å². The van der Waals surface area contributed by atoms with Crippen molar-refractivity contribution < 1.29 is 32.2 Å². The maximum absolute atomic E-state index is 14.5. The minimum atomic E-state index is -4.68. The number of nitrogens with one attached hydrogen (secondary N) is 4. The van der Waals surface area contributed by atoms with Crippen molar-refractivity contribution >= 4 is 29.2 Å². The van der Waals surface area contributed by atoms with Gasteiger partial charge in [0.15, 0.2) is 0 Å². The third-order valence-electron chi connectivity index (χ3n) is 11.0. The van der Waals surface area contributed by atoms with Gasteiger partial charge in [-0.05, 0) is 61.4 Å². The fraction of sp³-hybridized carbons (Fsp3) is 0.439. The lowest BCUT2D eigenvalue weighted by Crippen LogP contribution is -2.44. The zero-order valence-electron chi connectivity index (χ0n) is 32.1. The van der Waals surface area contributed by atoms with Crippen LogP contribution in [0.1, 0.15) is 72.9 Å². The van der Waals surface area contributed by atoms with Gasteiger partial charge in [0.05, 0.1) is 42.2 Å². The number of carbonyl (C=O) groups is 2. The highest BCUT2D eigenvalue weighted by Gasteiger charge is 2.37. The van der Waals surface area contributed by atoms with Gasteiger partial charge in [0.1, 0.15) is 5.82 Å². The maximum atomic E-state index is 14.5. The molecule has 5 heterocycles. The van der Waals surface area contributed by atoms with Crippen LogP contribution in [-0.4, -0.2) is 77.6 Å². The Balaban J connectivity index is 1.09. The molecule has 7 rings (SSSR count). The summed E-state index contributed by atoms with van der Waals surface area (Å²) in [5.41, 5.74) is 4.62. The van der Waals surface area contributed by atoms with E-state index in [1.165, 1.54) is 7.11 Å². The molecule has 4 N–H and O–H groups in total. The molecule has 3 aromatic heterocycles. The second-order valence-corrected chi connectivity index (χ2v) is 15.0. The fourth-order valence-corrected chi connectivity index (χ4v) is 8.29. The summed E-state index contributed by atoms with van der Waals surface area (Å²) in [6.07, 6.45) is 0.931. The van der Waals surface area contributed by atoms with Crippen LogP contribution in [0.2, 0.25) is 5.02 Å². The molecule has 0 unspecified atom stereocenters. The van der Waals surface area contributed by atoms with E-state index < -0.39 is 17.8 Å². The van der Waals surface area contributed by atoms with E-state index >= 15 is 0 Å². The van der Waals surface area contributed by atoms with Crippen molar-refractivity contribution in [1.82, 2.24) is 35.8 Å². The Morgan fingerprint density at radius 1 is 0.965 bits per heavy atom. The molecule has 12 nitrogen and oxygen atoms in total. The van der Waals surface area contributed by atoms with Gasteiger partial charge >= 0.3 is 6.18 Å². The summed E-state index contributed by atoms with van der Waals surface area (Å²) in [5.74, 6) is 0.299. The van der Waals surface area contributed by atoms with Gasteiger partial charge in [-0.2, -0.15) is 18.2 Å². The van der Waals surface area contributed by atoms with Gasteiger partial charge in [0.25, 0.3) is 0 Å². The molecule has 2 aliphatic heterocycles. The van der Waals surface area contributed by atoms with Crippen LogP contribution in [0.4, 0.5) is 19.0 Å². The molecule has 2 amide bonds. The van der Waals surface area contributed by atoms with E-state index in [9.17, 15) is 22.8 Å². The molecule has 0 bridgehead atoms. The molecule has 2 fully saturated rings. The number of alkyl halides is 3. The Morgan fingerprint density at radius 3 is 2.44 bits per heavy atom. The lowest BCUT2D eigenvalue weighted by Gasteiger charge is -2.31. The number of piperidine rings is 1. The first-order valence-electron chi connectivity index (χ1n) is 19.1. The Bertz CT molecular complexity index is 2130. The number of aromatic nitrogens is 3. The number of amides is 2. The Labute approximate surface area is 334 Å². The van der Waals surface area contributed by atoms with Crippen LogP contribution in [0.3, 0.4) is 0 Å². The van der Waals surface area contributed by atoms with Gasteiger partial charge in [-0.15, -0.1) is 0 Å². The van der Waals surface area contributed by atoms with Crippen molar-refractivity contribution in [2.75, 3.05) is 39.2 Å². The SMILES string of the molecule is COc1nc(-c2ccnc(-c3cccc4c3CC[C@@H]4Nc3nc(OC)c(CNC[C@@H]4CCC(=O)N4)cc3C(F)(F)F)c2Cl)ccc1CNC1CCN(C(C)=O)CC1. The normalized spacial score (nSPS) is 18.4. The number of benzene rings is 1. The van der Waals surface area contributed by atoms with Crippen LogP contribution in [0.15, 0.2) is 48.7 Å². The highest BCUT2D eigenvalue weighted by molar-refractivity contribution is 6.35. The number of anilines is 1. The number of hydrogen-bond donors (Lipinski definition) is 4. The molecule has 0 radical (unpaired) electrons. The Hall–Kier alpha value is -4.99. The molecule has 1 aliphatic carbocycles. The fourth-order valence-electron chi connectivity index (χ4n) is 7.98. The average Bonchev–Trinajstić information content (AvgIpc) is 3.82. The summed E-state index contributed by atoms with van der Waals surface area (Å²) in [5, 5.41) is 13.0. The molecule has 3 aliphatic rings. The first-order chi connectivity index (χ1) is 27.4. The molecule has 2 atom stereocenters. The molecule has 0 spiro atoms. The van der Waals surface area contributed by atoms with Crippen molar-refractivity contribution in [3.63, 3.8) is 0 Å². The summed E-state index contributed by atoms with van der Waals surface area (Å²) in [4.78, 5) is 38.9. The highest BCUT2D eigenvalue weighted by atomic mass is 35.5. The number of pyridine rings is 3. The smallest absolute Gasteiger partial charge is 0.419 e. The Morgan fingerprint density at radius 2 is 1.74 bits per heavy atom. The monoisotopic (exact) mass is 806 g/mol. The van der Waals surface area contributed by atoms with Crippen molar-refractivity contribution in [2.45, 2.75) is 82.8 Å². The van der Waals surface area contributed by atoms with Crippen molar-refractivity contribution in [1.29, 1.82) is 0 Å². The van der Waals surface area contributed by atoms with E-state index in [0.29, 0.717) is 66.6 Å². The van der Waals surface area contributed by atoms with Crippen LogP contribution in [0.25, 0.3) is 22.5 Å². The number of methoxy groups -OCH3 is 2. The number of nitrogens with zero attached hydrogens (tertiary/aromatic N) is 4. The largest absolute Gasteiger partial charge is 0.481 e. The lowest BCUT2D eigenvalue weighted by molar-refractivity contribution is -0.137. The van der Waals surface area contributed by atoms with Gasteiger partial charge in [0.2, 0.25) is 23.6 Å². The van der Waals surface area contributed by atoms with E-state index in [1.54, 1.807) is 26.3 Å². The summed E-state index contributed by atoms with van der Waals surface area (Å²) in [6.45, 7) is 4.12. The number of likely N-dealkylation sites (tertiary alicyclic amines) is 1. The van der Waals surface area contributed by atoms with Crippen LogP contribution < -0.4 is 30.7 Å². The molecule has 1 aromatic carbocycles. The van der Waals surface area contributed by atoms with Gasteiger partial charge in [0, 0.05) is 86.6 Å². The lowest BCUT2D eigenvalue weighted by atomic mass is 9.98. The summed E-state index contributed by atoms with van der Waals surface area (Å²) in [7, 11) is 2.96. The molecule has 0 saturated carbocycles. The van der Waals surface area contributed by atoms with Crippen LogP contribution in [0, 0.1) is 0 Å². The van der Waals surface area contributed by atoms with Crippen molar-refractivity contribution in [2.24, 2.45) is 0 Å². The number of hydrogen-bond acceptors (Lipinski definition) is 10.